The number of aryl methyl sites for hydroxylation is 1. The SMILES string of the molecule is CSC(CO)C(C)NC(=O)c1ccc(C#N)cc1C. The van der Waals surface area contributed by atoms with Crippen LogP contribution in [0.2, 0.25) is 0 Å². The van der Waals surface area contributed by atoms with Crippen molar-refractivity contribution in [3.05, 3.63) is 34.9 Å². The number of aliphatic hydroxyl groups is 1. The second-order valence-corrected chi connectivity index (χ2v) is 5.44. The van der Waals surface area contributed by atoms with Crippen LogP contribution >= 0.6 is 11.8 Å². The molecule has 0 spiro atoms. The summed E-state index contributed by atoms with van der Waals surface area (Å²) in [6.45, 7) is 3.70. The third-order valence-electron chi connectivity index (χ3n) is 3.00. The van der Waals surface area contributed by atoms with Crippen LogP contribution in [0, 0.1) is 18.3 Å². The third-order valence-corrected chi connectivity index (χ3v) is 4.16. The van der Waals surface area contributed by atoms with E-state index >= 15 is 0 Å². The van der Waals surface area contributed by atoms with E-state index in [-0.39, 0.29) is 23.8 Å². The van der Waals surface area contributed by atoms with Crippen LogP contribution in [-0.2, 0) is 0 Å². The normalized spacial score (nSPS) is 13.4. The number of thioether (sulfide) groups is 1. The van der Waals surface area contributed by atoms with Crippen molar-refractivity contribution in [2.45, 2.75) is 25.1 Å². The Morgan fingerprint density at radius 3 is 2.74 bits per heavy atom. The Hall–Kier alpha value is -1.51. The molecule has 0 radical (unpaired) electrons. The first-order valence-electron chi connectivity index (χ1n) is 5.98. The van der Waals surface area contributed by atoms with E-state index in [1.807, 2.05) is 19.2 Å². The molecule has 4 nitrogen and oxygen atoms in total. The molecule has 0 aliphatic carbocycles. The highest BCUT2D eigenvalue weighted by Crippen LogP contribution is 2.14. The monoisotopic (exact) mass is 278 g/mol. The lowest BCUT2D eigenvalue weighted by molar-refractivity contribution is 0.0935. The molecule has 19 heavy (non-hydrogen) atoms. The van der Waals surface area contributed by atoms with Crippen LogP contribution in [0.15, 0.2) is 18.2 Å². The van der Waals surface area contributed by atoms with Crippen LogP contribution < -0.4 is 5.32 Å². The quantitative estimate of drug-likeness (QED) is 0.860. The summed E-state index contributed by atoms with van der Waals surface area (Å²) in [7, 11) is 0. The number of hydrogen-bond acceptors (Lipinski definition) is 4. The van der Waals surface area contributed by atoms with E-state index in [4.69, 9.17) is 5.26 Å². The second-order valence-electron chi connectivity index (χ2n) is 4.36. The topological polar surface area (TPSA) is 73.1 Å². The minimum Gasteiger partial charge on any atom is -0.395 e. The molecule has 0 saturated carbocycles. The summed E-state index contributed by atoms with van der Waals surface area (Å²) in [6, 6.07) is 6.90. The molecule has 2 unspecified atom stereocenters. The maximum Gasteiger partial charge on any atom is 0.251 e. The number of benzene rings is 1. The molecule has 0 fully saturated rings. The van der Waals surface area contributed by atoms with Gasteiger partial charge in [-0.15, -0.1) is 0 Å². The van der Waals surface area contributed by atoms with E-state index in [1.165, 1.54) is 11.8 Å². The van der Waals surface area contributed by atoms with Gasteiger partial charge in [0, 0.05) is 16.9 Å². The van der Waals surface area contributed by atoms with Crippen molar-refractivity contribution in [2.24, 2.45) is 0 Å². The molecule has 0 heterocycles. The number of carbonyl (C=O) groups is 1. The summed E-state index contributed by atoms with van der Waals surface area (Å²) in [4.78, 5) is 12.1. The van der Waals surface area contributed by atoms with Gasteiger partial charge in [-0.3, -0.25) is 4.79 Å². The first-order chi connectivity index (χ1) is 9.03. The standard InChI is InChI=1S/C14H18N2O2S/c1-9-6-11(7-15)4-5-12(9)14(18)16-10(2)13(8-17)19-3/h4-6,10,13,17H,8H2,1-3H3,(H,16,18). The van der Waals surface area contributed by atoms with E-state index in [0.29, 0.717) is 11.1 Å². The number of rotatable bonds is 5. The van der Waals surface area contributed by atoms with Crippen molar-refractivity contribution >= 4 is 17.7 Å². The molecular weight excluding hydrogens is 260 g/mol. The first kappa shape index (κ1) is 15.5. The van der Waals surface area contributed by atoms with Crippen LogP contribution in [0.5, 0.6) is 0 Å². The van der Waals surface area contributed by atoms with Gasteiger partial charge in [0.05, 0.1) is 18.2 Å². The molecule has 0 saturated heterocycles. The van der Waals surface area contributed by atoms with Gasteiger partial charge in [-0.2, -0.15) is 17.0 Å². The Morgan fingerprint density at radius 2 is 2.26 bits per heavy atom. The number of nitriles is 1. The minimum absolute atomic E-state index is 0.0228. The maximum absolute atomic E-state index is 12.1. The minimum atomic E-state index is -0.179. The van der Waals surface area contributed by atoms with Crippen molar-refractivity contribution in [3.63, 3.8) is 0 Å². The molecule has 1 rings (SSSR count). The Balaban J connectivity index is 2.82. The number of aliphatic hydroxyl groups excluding tert-OH is 1. The van der Waals surface area contributed by atoms with Crippen LogP contribution in [0.4, 0.5) is 0 Å². The lowest BCUT2D eigenvalue weighted by atomic mass is 10.0. The zero-order valence-electron chi connectivity index (χ0n) is 11.3. The summed E-state index contributed by atoms with van der Waals surface area (Å²) in [5, 5.41) is 20.8. The summed E-state index contributed by atoms with van der Waals surface area (Å²) >= 11 is 1.52. The molecule has 0 aromatic heterocycles. The number of carbonyl (C=O) groups excluding carboxylic acids is 1. The highest BCUT2D eigenvalue weighted by atomic mass is 32.2. The van der Waals surface area contributed by atoms with Crippen molar-refractivity contribution < 1.29 is 9.90 Å². The zero-order valence-corrected chi connectivity index (χ0v) is 12.1. The Bertz CT molecular complexity index is 493. The van der Waals surface area contributed by atoms with Crippen molar-refractivity contribution in [3.8, 4) is 6.07 Å². The fourth-order valence-corrected chi connectivity index (χ4v) is 2.43. The lowest BCUT2D eigenvalue weighted by Gasteiger charge is -2.21. The lowest BCUT2D eigenvalue weighted by Crippen LogP contribution is -2.41. The predicted octanol–water partition coefficient (Wildman–Crippen LogP) is 1.71. The Labute approximate surface area is 117 Å². The molecule has 2 atom stereocenters. The largest absolute Gasteiger partial charge is 0.395 e. The van der Waals surface area contributed by atoms with Crippen LogP contribution in [0.1, 0.15) is 28.4 Å². The van der Waals surface area contributed by atoms with Crippen molar-refractivity contribution in [1.29, 1.82) is 5.26 Å². The second kappa shape index (κ2) is 7.17. The molecule has 1 amide bonds. The fourth-order valence-electron chi connectivity index (χ4n) is 1.80. The third kappa shape index (κ3) is 3.98. The van der Waals surface area contributed by atoms with Gasteiger partial charge in [0.15, 0.2) is 0 Å². The van der Waals surface area contributed by atoms with Gasteiger partial charge in [-0.05, 0) is 43.9 Å². The average Bonchev–Trinajstić information content (AvgIpc) is 2.39. The molecule has 102 valence electrons. The van der Waals surface area contributed by atoms with Gasteiger partial charge in [0.2, 0.25) is 0 Å². The summed E-state index contributed by atoms with van der Waals surface area (Å²) in [5.74, 6) is -0.179. The Morgan fingerprint density at radius 1 is 1.58 bits per heavy atom. The predicted molar refractivity (Wildman–Crippen MR) is 77.2 cm³/mol. The van der Waals surface area contributed by atoms with E-state index in [2.05, 4.69) is 5.32 Å². The summed E-state index contributed by atoms with van der Waals surface area (Å²) < 4.78 is 0. The van der Waals surface area contributed by atoms with Crippen molar-refractivity contribution in [1.82, 2.24) is 5.32 Å². The Kier molecular flexibility index (Phi) is 5.87. The highest BCUT2D eigenvalue weighted by Gasteiger charge is 2.19. The van der Waals surface area contributed by atoms with Crippen LogP contribution in [0.25, 0.3) is 0 Å². The van der Waals surface area contributed by atoms with Gasteiger partial charge >= 0.3 is 0 Å². The van der Waals surface area contributed by atoms with Gasteiger partial charge in [0.25, 0.3) is 5.91 Å². The summed E-state index contributed by atoms with van der Waals surface area (Å²) in [5.41, 5.74) is 1.87. The van der Waals surface area contributed by atoms with Gasteiger partial charge in [0.1, 0.15) is 0 Å². The molecule has 1 aromatic rings. The van der Waals surface area contributed by atoms with Crippen LogP contribution in [0.3, 0.4) is 0 Å². The van der Waals surface area contributed by atoms with E-state index in [1.54, 1.807) is 25.1 Å². The van der Waals surface area contributed by atoms with Gasteiger partial charge in [-0.1, -0.05) is 0 Å². The van der Waals surface area contributed by atoms with Gasteiger partial charge in [-0.25, -0.2) is 0 Å². The number of nitrogens with zero attached hydrogens (tertiary/aromatic N) is 1. The summed E-state index contributed by atoms with van der Waals surface area (Å²) in [6.07, 6.45) is 1.90. The molecule has 2 N–H and O–H groups in total. The van der Waals surface area contributed by atoms with Crippen molar-refractivity contribution in [2.75, 3.05) is 12.9 Å². The van der Waals surface area contributed by atoms with Gasteiger partial charge < -0.3 is 10.4 Å². The number of hydrogen-bond donors (Lipinski definition) is 2. The molecule has 0 bridgehead atoms. The van der Waals surface area contributed by atoms with E-state index in [9.17, 15) is 9.90 Å². The molecular formula is C14H18N2O2S. The molecule has 0 aliphatic heterocycles. The van der Waals surface area contributed by atoms with E-state index < -0.39 is 0 Å². The highest BCUT2D eigenvalue weighted by molar-refractivity contribution is 7.99. The molecule has 5 heteroatoms. The smallest absolute Gasteiger partial charge is 0.251 e. The number of nitrogens with one attached hydrogen (secondary N) is 1. The van der Waals surface area contributed by atoms with Crippen LogP contribution in [-0.4, -0.2) is 35.2 Å². The maximum atomic E-state index is 12.1. The fraction of sp³-hybridized carbons (Fsp3) is 0.429. The first-order valence-corrected chi connectivity index (χ1v) is 7.27. The zero-order chi connectivity index (χ0) is 14.4. The molecule has 0 aliphatic rings. The van der Waals surface area contributed by atoms with E-state index in [0.717, 1.165) is 5.56 Å². The molecule has 1 aromatic carbocycles. The number of amides is 1. The average molecular weight is 278 g/mol.